The Hall–Kier alpha value is -2.63. The normalized spacial score (nSPS) is 15.0. The number of aromatic nitrogens is 2. The molecule has 21 heavy (non-hydrogen) atoms. The summed E-state index contributed by atoms with van der Waals surface area (Å²) in [5, 5.41) is 0. The summed E-state index contributed by atoms with van der Waals surface area (Å²) >= 11 is 0. The van der Waals surface area contributed by atoms with E-state index in [1.807, 2.05) is 18.2 Å². The molecule has 6 heteroatoms. The third-order valence-electron chi connectivity index (χ3n) is 3.53. The van der Waals surface area contributed by atoms with Crippen LogP contribution < -0.4 is 10.6 Å². The first-order valence-corrected chi connectivity index (χ1v) is 6.92. The van der Waals surface area contributed by atoms with E-state index in [1.165, 1.54) is 0 Å². The molecule has 1 aliphatic rings. The molecule has 0 spiro atoms. The molecule has 0 radical (unpaired) electrons. The predicted octanol–water partition coefficient (Wildman–Crippen LogP) is 1.02. The van der Waals surface area contributed by atoms with Gasteiger partial charge in [0.2, 0.25) is 0 Å². The van der Waals surface area contributed by atoms with Gasteiger partial charge in [-0.05, 0) is 24.3 Å². The van der Waals surface area contributed by atoms with Crippen LogP contribution in [-0.4, -0.2) is 47.0 Å². The third-order valence-corrected chi connectivity index (χ3v) is 3.53. The van der Waals surface area contributed by atoms with E-state index in [-0.39, 0.29) is 5.91 Å². The lowest BCUT2D eigenvalue weighted by Gasteiger charge is -2.35. The molecule has 3 rings (SSSR count). The van der Waals surface area contributed by atoms with Gasteiger partial charge in [-0.1, -0.05) is 12.1 Å². The fourth-order valence-corrected chi connectivity index (χ4v) is 2.41. The fraction of sp³-hybridized carbons (Fsp3) is 0.267. The standard InChI is InChI=1S/C15H17N5O/c16-13-5-3-4-12(18-13)15(21)20-10-8-19(9-11-20)14-6-1-2-7-17-14/h1-7H,8-11H2,(H2,16,18). The molecule has 1 fully saturated rings. The van der Waals surface area contributed by atoms with E-state index in [9.17, 15) is 4.79 Å². The summed E-state index contributed by atoms with van der Waals surface area (Å²) in [6.45, 7) is 2.86. The van der Waals surface area contributed by atoms with Crippen molar-refractivity contribution in [1.29, 1.82) is 0 Å². The lowest BCUT2D eigenvalue weighted by atomic mass is 10.2. The molecule has 1 saturated heterocycles. The van der Waals surface area contributed by atoms with Gasteiger partial charge in [-0.25, -0.2) is 9.97 Å². The minimum Gasteiger partial charge on any atom is -0.384 e. The Bertz CT molecular complexity index is 623. The van der Waals surface area contributed by atoms with Crippen molar-refractivity contribution >= 4 is 17.5 Å². The number of hydrogen-bond acceptors (Lipinski definition) is 5. The van der Waals surface area contributed by atoms with Crippen LogP contribution in [-0.2, 0) is 0 Å². The summed E-state index contributed by atoms with van der Waals surface area (Å²) in [6, 6.07) is 11.0. The summed E-state index contributed by atoms with van der Waals surface area (Å²) < 4.78 is 0. The summed E-state index contributed by atoms with van der Waals surface area (Å²) in [7, 11) is 0. The Morgan fingerprint density at radius 3 is 2.52 bits per heavy atom. The van der Waals surface area contributed by atoms with Crippen LogP contribution >= 0.6 is 0 Å². The van der Waals surface area contributed by atoms with Gasteiger partial charge < -0.3 is 15.5 Å². The van der Waals surface area contributed by atoms with E-state index < -0.39 is 0 Å². The second-order valence-electron chi connectivity index (χ2n) is 4.91. The Morgan fingerprint density at radius 1 is 1.05 bits per heavy atom. The molecule has 0 aliphatic carbocycles. The molecule has 3 heterocycles. The van der Waals surface area contributed by atoms with Crippen molar-refractivity contribution in [3.05, 3.63) is 48.3 Å². The summed E-state index contributed by atoms with van der Waals surface area (Å²) in [5.41, 5.74) is 6.03. The zero-order chi connectivity index (χ0) is 14.7. The number of pyridine rings is 2. The first kappa shape index (κ1) is 13.4. The number of carbonyl (C=O) groups excluding carboxylic acids is 1. The Kier molecular flexibility index (Phi) is 3.68. The summed E-state index contributed by atoms with van der Waals surface area (Å²) in [6.07, 6.45) is 1.78. The van der Waals surface area contributed by atoms with Gasteiger partial charge in [-0.15, -0.1) is 0 Å². The molecule has 0 saturated carbocycles. The highest BCUT2D eigenvalue weighted by Crippen LogP contribution is 2.14. The summed E-state index contributed by atoms with van der Waals surface area (Å²) in [4.78, 5) is 24.8. The highest BCUT2D eigenvalue weighted by Gasteiger charge is 2.23. The molecule has 2 aromatic heterocycles. The highest BCUT2D eigenvalue weighted by molar-refractivity contribution is 5.92. The van der Waals surface area contributed by atoms with E-state index in [0.717, 1.165) is 18.9 Å². The molecule has 1 amide bonds. The number of anilines is 2. The van der Waals surface area contributed by atoms with Crippen molar-refractivity contribution in [3.63, 3.8) is 0 Å². The second kappa shape index (κ2) is 5.78. The quantitative estimate of drug-likeness (QED) is 0.890. The topological polar surface area (TPSA) is 75.4 Å². The monoisotopic (exact) mass is 283 g/mol. The third kappa shape index (κ3) is 2.94. The van der Waals surface area contributed by atoms with Crippen molar-refractivity contribution < 1.29 is 4.79 Å². The molecule has 2 N–H and O–H groups in total. The van der Waals surface area contributed by atoms with Gasteiger partial charge in [-0.2, -0.15) is 0 Å². The van der Waals surface area contributed by atoms with Crippen LogP contribution in [0.5, 0.6) is 0 Å². The number of piperazine rings is 1. The van der Waals surface area contributed by atoms with Gasteiger partial charge in [0.05, 0.1) is 0 Å². The molecule has 0 unspecified atom stereocenters. The van der Waals surface area contributed by atoms with Crippen LogP contribution in [0.15, 0.2) is 42.6 Å². The van der Waals surface area contributed by atoms with Crippen LogP contribution in [0, 0.1) is 0 Å². The van der Waals surface area contributed by atoms with Gasteiger partial charge >= 0.3 is 0 Å². The largest absolute Gasteiger partial charge is 0.384 e. The SMILES string of the molecule is Nc1cccc(C(=O)N2CCN(c3ccccn3)CC2)n1. The molecule has 0 atom stereocenters. The number of nitrogens with zero attached hydrogens (tertiary/aromatic N) is 4. The van der Waals surface area contributed by atoms with Crippen LogP contribution in [0.1, 0.15) is 10.5 Å². The Labute approximate surface area is 123 Å². The Balaban J connectivity index is 1.64. The van der Waals surface area contributed by atoms with Crippen molar-refractivity contribution in [2.75, 3.05) is 36.8 Å². The average molecular weight is 283 g/mol. The van der Waals surface area contributed by atoms with Crippen molar-refractivity contribution in [2.24, 2.45) is 0 Å². The van der Waals surface area contributed by atoms with Crippen molar-refractivity contribution in [2.45, 2.75) is 0 Å². The lowest BCUT2D eigenvalue weighted by molar-refractivity contribution is 0.0741. The molecule has 2 aromatic rings. The van der Waals surface area contributed by atoms with Gasteiger partial charge in [0, 0.05) is 32.4 Å². The number of hydrogen-bond donors (Lipinski definition) is 1. The van der Waals surface area contributed by atoms with Crippen molar-refractivity contribution in [1.82, 2.24) is 14.9 Å². The molecule has 0 aromatic carbocycles. The first-order chi connectivity index (χ1) is 10.2. The maximum Gasteiger partial charge on any atom is 0.272 e. The number of nitrogens with two attached hydrogens (primary N) is 1. The number of amides is 1. The molecular weight excluding hydrogens is 266 g/mol. The molecule has 6 nitrogen and oxygen atoms in total. The maximum atomic E-state index is 12.4. The van der Waals surface area contributed by atoms with Gasteiger partial charge in [0.1, 0.15) is 17.3 Å². The second-order valence-corrected chi connectivity index (χ2v) is 4.91. The van der Waals surface area contributed by atoms with Crippen LogP contribution in [0.2, 0.25) is 0 Å². The zero-order valence-corrected chi connectivity index (χ0v) is 11.6. The van der Waals surface area contributed by atoms with E-state index in [4.69, 9.17) is 5.73 Å². The molecular formula is C15H17N5O. The maximum absolute atomic E-state index is 12.4. The minimum absolute atomic E-state index is 0.0667. The lowest BCUT2D eigenvalue weighted by Crippen LogP contribution is -2.49. The van der Waals surface area contributed by atoms with Crippen LogP contribution in [0.25, 0.3) is 0 Å². The zero-order valence-electron chi connectivity index (χ0n) is 11.6. The van der Waals surface area contributed by atoms with E-state index in [1.54, 1.807) is 29.3 Å². The number of nitrogen functional groups attached to an aromatic ring is 1. The van der Waals surface area contributed by atoms with Crippen molar-refractivity contribution in [3.8, 4) is 0 Å². The van der Waals surface area contributed by atoms with Gasteiger partial charge in [0.25, 0.3) is 5.91 Å². The highest BCUT2D eigenvalue weighted by atomic mass is 16.2. The predicted molar refractivity (Wildman–Crippen MR) is 81.0 cm³/mol. The van der Waals surface area contributed by atoms with E-state index in [0.29, 0.717) is 24.6 Å². The summed E-state index contributed by atoms with van der Waals surface area (Å²) in [5.74, 6) is 1.25. The number of carbonyl (C=O) groups is 1. The van der Waals surface area contributed by atoms with Crippen LogP contribution in [0.4, 0.5) is 11.6 Å². The van der Waals surface area contributed by atoms with E-state index in [2.05, 4.69) is 14.9 Å². The molecule has 0 bridgehead atoms. The van der Waals surface area contributed by atoms with Crippen LogP contribution in [0.3, 0.4) is 0 Å². The Morgan fingerprint density at radius 2 is 1.86 bits per heavy atom. The molecule has 1 aliphatic heterocycles. The first-order valence-electron chi connectivity index (χ1n) is 6.92. The fourth-order valence-electron chi connectivity index (χ4n) is 2.41. The van der Waals surface area contributed by atoms with Gasteiger partial charge in [-0.3, -0.25) is 4.79 Å². The average Bonchev–Trinajstić information content (AvgIpc) is 2.55. The van der Waals surface area contributed by atoms with E-state index >= 15 is 0 Å². The number of rotatable bonds is 2. The molecule has 108 valence electrons. The smallest absolute Gasteiger partial charge is 0.272 e. The van der Waals surface area contributed by atoms with Gasteiger partial charge in [0.15, 0.2) is 0 Å². The minimum atomic E-state index is -0.0667.